The summed E-state index contributed by atoms with van der Waals surface area (Å²) in [5.74, 6) is -2.33. The number of para-hydroxylation sites is 1. The van der Waals surface area contributed by atoms with Crippen molar-refractivity contribution >= 4 is 28.9 Å². The van der Waals surface area contributed by atoms with Gasteiger partial charge in [-0.1, -0.05) is 12.1 Å². The van der Waals surface area contributed by atoms with Crippen molar-refractivity contribution in [2.24, 2.45) is 4.99 Å². The summed E-state index contributed by atoms with van der Waals surface area (Å²) in [5, 5.41) is 10.5. The number of benzene rings is 2. The maximum absolute atomic E-state index is 13.1. The Hall–Kier alpha value is -3.28. The number of hydrogen-bond donors (Lipinski definition) is 1. The molecule has 1 heterocycles. The van der Waals surface area contributed by atoms with E-state index in [9.17, 15) is 19.1 Å². The van der Waals surface area contributed by atoms with Crippen LogP contribution in [0.5, 0.6) is 0 Å². The van der Waals surface area contributed by atoms with Gasteiger partial charge < -0.3 is 9.84 Å². The van der Waals surface area contributed by atoms with Gasteiger partial charge in [-0.15, -0.1) is 0 Å². The first-order valence-corrected chi connectivity index (χ1v) is 7.62. The second-order valence-electron chi connectivity index (χ2n) is 5.26. The zero-order valence-corrected chi connectivity index (χ0v) is 13.3. The van der Waals surface area contributed by atoms with Crippen LogP contribution in [0.3, 0.4) is 0 Å². The number of fused-ring (bicyclic) bond motifs is 1. The molecule has 0 unspecified atom stereocenters. The number of aliphatic imine (C=N–C) groups is 1. The summed E-state index contributed by atoms with van der Waals surface area (Å²) < 4.78 is 18.1. The molecule has 0 bridgehead atoms. The highest BCUT2D eigenvalue weighted by atomic mass is 19.1. The van der Waals surface area contributed by atoms with Crippen LogP contribution in [0.1, 0.15) is 22.8 Å². The van der Waals surface area contributed by atoms with Crippen LogP contribution in [-0.4, -0.2) is 29.2 Å². The predicted octanol–water partition coefficient (Wildman–Crippen LogP) is 3.63. The largest absolute Gasteiger partial charge is 0.506 e. The minimum atomic E-state index is -0.871. The highest BCUT2D eigenvalue weighted by Crippen LogP contribution is 2.31. The Morgan fingerprint density at radius 2 is 1.84 bits per heavy atom. The first-order valence-electron chi connectivity index (χ1n) is 7.62. The van der Waals surface area contributed by atoms with Gasteiger partial charge in [0.05, 0.1) is 12.3 Å². The first-order chi connectivity index (χ1) is 12.0. The molecule has 1 aliphatic heterocycles. The quantitative estimate of drug-likeness (QED) is 0.524. The van der Waals surface area contributed by atoms with E-state index in [1.807, 2.05) is 0 Å². The number of esters is 1. The summed E-state index contributed by atoms with van der Waals surface area (Å²) in [6, 6.07) is 11.5. The van der Waals surface area contributed by atoms with Crippen molar-refractivity contribution in [2.75, 3.05) is 6.61 Å². The summed E-state index contributed by atoms with van der Waals surface area (Å²) in [6.07, 6.45) is 0. The lowest BCUT2D eigenvalue weighted by Crippen LogP contribution is -2.22. The minimum Gasteiger partial charge on any atom is -0.506 e. The van der Waals surface area contributed by atoms with Crippen LogP contribution in [-0.2, 0) is 9.53 Å². The average Bonchev–Trinajstić information content (AvgIpc) is 2.93. The molecule has 0 aliphatic carbocycles. The van der Waals surface area contributed by atoms with Gasteiger partial charge in [-0.25, -0.2) is 14.2 Å². The number of carbonyl (C=O) groups is 2. The Morgan fingerprint density at radius 1 is 1.16 bits per heavy atom. The van der Waals surface area contributed by atoms with Crippen molar-refractivity contribution in [3.63, 3.8) is 0 Å². The number of rotatable bonds is 4. The summed E-state index contributed by atoms with van der Waals surface area (Å²) in [5.41, 5.74) is 0.398. The molecule has 126 valence electrons. The molecule has 0 fully saturated rings. The predicted molar refractivity (Wildman–Crippen MR) is 90.4 cm³/mol. The van der Waals surface area contributed by atoms with E-state index < -0.39 is 23.3 Å². The fraction of sp³-hybridized carbons (Fsp3) is 0.105. The lowest BCUT2D eigenvalue weighted by Gasteiger charge is -2.10. The summed E-state index contributed by atoms with van der Waals surface area (Å²) in [7, 11) is 0. The SMILES string of the molecule is CCOC(=O)C(C1=Nc2ccccc2C1=O)=C(O)c1ccc(F)cc1. The Bertz CT molecular complexity index is 913. The fourth-order valence-corrected chi connectivity index (χ4v) is 2.49. The second kappa shape index (κ2) is 6.68. The molecule has 0 radical (unpaired) electrons. The fourth-order valence-electron chi connectivity index (χ4n) is 2.49. The number of ether oxygens (including phenoxy) is 1. The molecule has 5 nitrogen and oxygen atoms in total. The zero-order chi connectivity index (χ0) is 18.0. The molecule has 1 N–H and O–H groups in total. The molecule has 1 aliphatic rings. The van der Waals surface area contributed by atoms with E-state index in [0.717, 1.165) is 12.1 Å². The van der Waals surface area contributed by atoms with Crippen molar-refractivity contribution in [1.82, 2.24) is 0 Å². The van der Waals surface area contributed by atoms with Gasteiger partial charge in [0, 0.05) is 11.1 Å². The molecular formula is C19H14FNO4. The molecule has 0 saturated carbocycles. The molecule has 2 aromatic rings. The minimum absolute atomic E-state index is 0.0629. The Labute approximate surface area is 143 Å². The van der Waals surface area contributed by atoms with Crippen molar-refractivity contribution in [3.05, 3.63) is 71.0 Å². The van der Waals surface area contributed by atoms with Gasteiger partial charge in [-0.2, -0.15) is 0 Å². The number of carbonyl (C=O) groups excluding carboxylic acids is 2. The van der Waals surface area contributed by atoms with Crippen LogP contribution in [0.15, 0.2) is 59.1 Å². The summed E-state index contributed by atoms with van der Waals surface area (Å²) in [4.78, 5) is 29.1. The third kappa shape index (κ3) is 3.06. The molecule has 2 aromatic carbocycles. The van der Waals surface area contributed by atoms with E-state index in [2.05, 4.69) is 4.99 Å². The van der Waals surface area contributed by atoms with Gasteiger partial charge in [0.15, 0.2) is 0 Å². The number of hydrogen-bond acceptors (Lipinski definition) is 5. The number of aliphatic hydroxyl groups excluding tert-OH is 1. The van der Waals surface area contributed by atoms with E-state index in [0.29, 0.717) is 11.3 Å². The van der Waals surface area contributed by atoms with E-state index in [4.69, 9.17) is 4.74 Å². The standard InChI is InChI=1S/C19H14FNO4/c1-2-25-19(24)15(17(22)11-7-9-12(20)10-8-11)16-18(23)13-5-3-4-6-14(13)21-16/h3-10,22H,2H2,1H3. The molecule has 0 aromatic heterocycles. The van der Waals surface area contributed by atoms with Gasteiger partial charge in [0.25, 0.3) is 0 Å². The highest BCUT2D eigenvalue weighted by Gasteiger charge is 2.34. The van der Waals surface area contributed by atoms with Crippen LogP contribution >= 0.6 is 0 Å². The topological polar surface area (TPSA) is 76.0 Å². The Balaban J connectivity index is 2.14. The van der Waals surface area contributed by atoms with E-state index >= 15 is 0 Å². The second-order valence-corrected chi connectivity index (χ2v) is 5.26. The normalized spacial score (nSPS) is 13.8. The summed E-state index contributed by atoms with van der Waals surface area (Å²) in [6.45, 7) is 1.67. The molecule has 25 heavy (non-hydrogen) atoms. The van der Waals surface area contributed by atoms with Gasteiger partial charge in [-0.05, 0) is 43.3 Å². The van der Waals surface area contributed by atoms with Gasteiger partial charge in [0.1, 0.15) is 22.9 Å². The molecule has 3 rings (SSSR count). The highest BCUT2D eigenvalue weighted by molar-refractivity contribution is 6.59. The molecule has 0 saturated heterocycles. The Morgan fingerprint density at radius 3 is 2.48 bits per heavy atom. The molecule has 0 spiro atoms. The van der Waals surface area contributed by atoms with Crippen LogP contribution in [0.2, 0.25) is 0 Å². The summed E-state index contributed by atoms with van der Waals surface area (Å²) >= 11 is 0. The lowest BCUT2D eigenvalue weighted by atomic mass is 9.99. The third-order valence-corrected chi connectivity index (χ3v) is 3.67. The van der Waals surface area contributed by atoms with Gasteiger partial charge in [-0.3, -0.25) is 4.79 Å². The molecule has 0 amide bonds. The van der Waals surface area contributed by atoms with Crippen molar-refractivity contribution in [2.45, 2.75) is 6.92 Å². The van der Waals surface area contributed by atoms with Crippen molar-refractivity contribution in [3.8, 4) is 0 Å². The van der Waals surface area contributed by atoms with E-state index in [-0.39, 0.29) is 23.5 Å². The monoisotopic (exact) mass is 339 g/mol. The maximum Gasteiger partial charge on any atom is 0.344 e. The maximum atomic E-state index is 13.1. The van der Waals surface area contributed by atoms with Crippen molar-refractivity contribution < 1.29 is 23.8 Å². The van der Waals surface area contributed by atoms with Crippen molar-refractivity contribution in [1.29, 1.82) is 0 Å². The van der Waals surface area contributed by atoms with Crippen LogP contribution in [0, 0.1) is 5.82 Å². The van der Waals surface area contributed by atoms with Crippen LogP contribution < -0.4 is 0 Å². The van der Waals surface area contributed by atoms with Crippen LogP contribution in [0.4, 0.5) is 10.1 Å². The van der Waals surface area contributed by atoms with E-state index in [1.165, 1.54) is 12.1 Å². The third-order valence-electron chi connectivity index (χ3n) is 3.67. The Kier molecular flexibility index (Phi) is 4.43. The van der Waals surface area contributed by atoms with Crippen LogP contribution in [0.25, 0.3) is 5.76 Å². The lowest BCUT2D eigenvalue weighted by molar-refractivity contribution is -0.137. The first kappa shape index (κ1) is 16.6. The number of aliphatic hydroxyl groups is 1. The molecule has 6 heteroatoms. The molecular weight excluding hydrogens is 325 g/mol. The smallest absolute Gasteiger partial charge is 0.344 e. The van der Waals surface area contributed by atoms with Gasteiger partial charge in [0.2, 0.25) is 5.78 Å². The number of halogens is 1. The average molecular weight is 339 g/mol. The number of Topliss-reactive ketones (excluding diaryl/α,β-unsaturated/α-hetero) is 1. The number of ketones is 1. The van der Waals surface area contributed by atoms with E-state index in [1.54, 1.807) is 31.2 Å². The number of nitrogens with zero attached hydrogens (tertiary/aromatic N) is 1. The molecule has 0 atom stereocenters. The van der Waals surface area contributed by atoms with Gasteiger partial charge >= 0.3 is 5.97 Å². The zero-order valence-electron chi connectivity index (χ0n) is 13.3.